The van der Waals surface area contributed by atoms with Crippen LogP contribution in [0.3, 0.4) is 0 Å². The molecular weight excluding hydrogens is 326 g/mol. The smallest absolute Gasteiger partial charge is 0.248 e. The summed E-state index contributed by atoms with van der Waals surface area (Å²) in [6.45, 7) is 0. The molecule has 24 heavy (non-hydrogen) atoms. The molecule has 0 aliphatic carbocycles. The van der Waals surface area contributed by atoms with Crippen molar-refractivity contribution in [3.8, 4) is 0 Å². The SMILES string of the molecule is NC(=O)c1ccc(N2C(=O)CC(Sc3cccc(N)c3)C2=O)cc1. The predicted molar refractivity (Wildman–Crippen MR) is 92.6 cm³/mol. The lowest BCUT2D eigenvalue weighted by atomic mass is 10.2. The standard InChI is InChI=1S/C17H15N3O3S/c18-11-2-1-3-13(8-11)24-14-9-15(21)20(17(14)23)12-6-4-10(5-7-12)16(19)22/h1-8,14H,9,18H2,(H2,19,22). The van der Waals surface area contributed by atoms with Crippen LogP contribution < -0.4 is 16.4 Å². The minimum absolute atomic E-state index is 0.121. The Balaban J connectivity index is 1.80. The summed E-state index contributed by atoms with van der Waals surface area (Å²) < 4.78 is 0. The van der Waals surface area contributed by atoms with Crippen molar-refractivity contribution in [3.63, 3.8) is 0 Å². The van der Waals surface area contributed by atoms with Crippen LogP contribution >= 0.6 is 11.8 Å². The maximum atomic E-state index is 12.6. The van der Waals surface area contributed by atoms with Gasteiger partial charge in [-0.25, -0.2) is 4.90 Å². The molecule has 1 heterocycles. The maximum absolute atomic E-state index is 12.6. The first-order chi connectivity index (χ1) is 11.5. The first-order valence-electron chi connectivity index (χ1n) is 7.24. The van der Waals surface area contributed by atoms with Gasteiger partial charge in [0.25, 0.3) is 0 Å². The van der Waals surface area contributed by atoms with Gasteiger partial charge in [0, 0.05) is 22.6 Å². The zero-order chi connectivity index (χ0) is 17.3. The second kappa shape index (κ2) is 6.37. The van der Waals surface area contributed by atoms with Gasteiger partial charge < -0.3 is 11.5 Å². The Morgan fingerprint density at radius 2 is 1.83 bits per heavy atom. The number of thioether (sulfide) groups is 1. The molecule has 2 aromatic carbocycles. The molecule has 7 heteroatoms. The number of rotatable bonds is 4. The minimum atomic E-state index is -0.560. The topological polar surface area (TPSA) is 106 Å². The van der Waals surface area contributed by atoms with Crippen LogP contribution in [0.5, 0.6) is 0 Å². The highest BCUT2D eigenvalue weighted by Gasteiger charge is 2.40. The first-order valence-corrected chi connectivity index (χ1v) is 8.12. The first kappa shape index (κ1) is 16.1. The molecule has 1 fully saturated rings. The molecule has 1 saturated heterocycles. The van der Waals surface area contributed by atoms with Gasteiger partial charge >= 0.3 is 0 Å². The molecule has 0 spiro atoms. The van der Waals surface area contributed by atoms with Gasteiger partial charge in [-0.15, -0.1) is 11.8 Å². The van der Waals surface area contributed by atoms with E-state index >= 15 is 0 Å². The molecule has 3 rings (SSSR count). The summed E-state index contributed by atoms with van der Waals surface area (Å²) in [4.78, 5) is 37.9. The summed E-state index contributed by atoms with van der Waals surface area (Å²) in [5.74, 6) is -1.11. The Morgan fingerprint density at radius 1 is 1.12 bits per heavy atom. The average Bonchev–Trinajstić information content (AvgIpc) is 2.81. The zero-order valence-electron chi connectivity index (χ0n) is 12.6. The second-order valence-electron chi connectivity index (χ2n) is 5.36. The number of carbonyl (C=O) groups is 3. The van der Waals surface area contributed by atoms with Gasteiger partial charge in [-0.2, -0.15) is 0 Å². The largest absolute Gasteiger partial charge is 0.399 e. The number of benzene rings is 2. The highest BCUT2D eigenvalue weighted by Crippen LogP contribution is 2.34. The number of nitrogens with two attached hydrogens (primary N) is 2. The van der Waals surface area contributed by atoms with Gasteiger partial charge in [-0.1, -0.05) is 6.07 Å². The van der Waals surface area contributed by atoms with Gasteiger partial charge in [-0.05, 0) is 42.5 Å². The number of nitrogens with zero attached hydrogens (tertiary/aromatic N) is 1. The Morgan fingerprint density at radius 3 is 2.46 bits per heavy atom. The van der Waals surface area contributed by atoms with Crippen LogP contribution in [-0.4, -0.2) is 23.0 Å². The monoisotopic (exact) mass is 341 g/mol. The molecule has 0 saturated carbocycles. The molecule has 3 amide bonds. The van der Waals surface area contributed by atoms with Crippen molar-refractivity contribution < 1.29 is 14.4 Å². The van der Waals surface area contributed by atoms with Gasteiger partial charge in [0.1, 0.15) is 0 Å². The van der Waals surface area contributed by atoms with Crippen LogP contribution in [0.25, 0.3) is 0 Å². The number of amides is 3. The molecule has 1 aliphatic heterocycles. The van der Waals surface area contributed by atoms with E-state index in [0.29, 0.717) is 16.9 Å². The fourth-order valence-electron chi connectivity index (χ4n) is 2.49. The van der Waals surface area contributed by atoms with Crippen molar-refractivity contribution in [2.75, 3.05) is 10.6 Å². The molecule has 0 radical (unpaired) electrons. The molecule has 1 atom stereocenters. The van der Waals surface area contributed by atoms with E-state index in [1.54, 1.807) is 30.3 Å². The van der Waals surface area contributed by atoms with Crippen molar-refractivity contribution >= 4 is 40.9 Å². The van der Waals surface area contributed by atoms with Crippen molar-refractivity contribution in [2.45, 2.75) is 16.6 Å². The molecular formula is C17H15N3O3S. The number of primary amides is 1. The van der Waals surface area contributed by atoms with E-state index in [0.717, 1.165) is 9.80 Å². The van der Waals surface area contributed by atoms with Gasteiger partial charge in [-0.3, -0.25) is 14.4 Å². The van der Waals surface area contributed by atoms with Crippen molar-refractivity contribution in [1.82, 2.24) is 0 Å². The van der Waals surface area contributed by atoms with E-state index < -0.39 is 11.2 Å². The number of anilines is 2. The molecule has 1 unspecified atom stereocenters. The van der Waals surface area contributed by atoms with Crippen LogP contribution in [-0.2, 0) is 9.59 Å². The lowest BCUT2D eigenvalue weighted by molar-refractivity contribution is -0.121. The van der Waals surface area contributed by atoms with Crippen molar-refractivity contribution in [3.05, 3.63) is 54.1 Å². The fourth-order valence-corrected chi connectivity index (χ4v) is 3.62. The summed E-state index contributed by atoms with van der Waals surface area (Å²) in [5.41, 5.74) is 12.3. The summed E-state index contributed by atoms with van der Waals surface area (Å²) in [5, 5.41) is -0.491. The lowest BCUT2D eigenvalue weighted by Crippen LogP contribution is -2.31. The molecule has 1 aliphatic rings. The fraction of sp³-hybridized carbons (Fsp3) is 0.118. The highest BCUT2D eigenvalue weighted by atomic mass is 32.2. The van der Waals surface area contributed by atoms with E-state index in [2.05, 4.69) is 0 Å². The maximum Gasteiger partial charge on any atom is 0.248 e. The van der Waals surface area contributed by atoms with Gasteiger partial charge in [0.15, 0.2) is 0 Å². The van der Waals surface area contributed by atoms with Crippen LogP contribution in [0.1, 0.15) is 16.8 Å². The van der Waals surface area contributed by atoms with Crippen molar-refractivity contribution in [2.24, 2.45) is 5.73 Å². The van der Waals surface area contributed by atoms with E-state index in [-0.39, 0.29) is 18.2 Å². The number of nitrogen functional groups attached to an aromatic ring is 1. The third-order valence-corrected chi connectivity index (χ3v) is 4.83. The van der Waals surface area contributed by atoms with Gasteiger partial charge in [0.05, 0.1) is 10.9 Å². The van der Waals surface area contributed by atoms with E-state index in [4.69, 9.17) is 11.5 Å². The number of hydrogen-bond acceptors (Lipinski definition) is 5. The van der Waals surface area contributed by atoms with E-state index in [1.807, 2.05) is 6.07 Å². The Bertz CT molecular complexity index is 820. The Kier molecular flexibility index (Phi) is 4.26. The quantitative estimate of drug-likeness (QED) is 0.651. The third kappa shape index (κ3) is 3.11. The Hall–Kier alpha value is -2.80. The van der Waals surface area contributed by atoms with Crippen LogP contribution in [0, 0.1) is 0 Å². The average molecular weight is 341 g/mol. The zero-order valence-corrected chi connectivity index (χ0v) is 13.5. The second-order valence-corrected chi connectivity index (χ2v) is 6.64. The third-order valence-electron chi connectivity index (χ3n) is 3.65. The highest BCUT2D eigenvalue weighted by molar-refractivity contribution is 8.00. The Labute approximate surface area is 142 Å². The molecule has 2 aromatic rings. The molecule has 6 nitrogen and oxygen atoms in total. The van der Waals surface area contributed by atoms with E-state index in [1.165, 1.54) is 23.9 Å². The minimum Gasteiger partial charge on any atom is -0.399 e. The molecule has 0 aromatic heterocycles. The number of carbonyl (C=O) groups excluding carboxylic acids is 3. The summed E-state index contributed by atoms with van der Waals surface area (Å²) in [7, 11) is 0. The van der Waals surface area contributed by atoms with Crippen molar-refractivity contribution in [1.29, 1.82) is 0 Å². The number of imide groups is 1. The van der Waals surface area contributed by atoms with Crippen LogP contribution in [0.4, 0.5) is 11.4 Å². The summed E-state index contributed by atoms with van der Waals surface area (Å²) in [6, 6.07) is 13.3. The summed E-state index contributed by atoms with van der Waals surface area (Å²) in [6.07, 6.45) is 0.121. The van der Waals surface area contributed by atoms with Gasteiger partial charge in [0.2, 0.25) is 17.7 Å². The normalized spacial score (nSPS) is 17.3. The number of hydrogen-bond donors (Lipinski definition) is 2. The predicted octanol–water partition coefficient (Wildman–Crippen LogP) is 1.79. The molecule has 4 N–H and O–H groups in total. The van der Waals surface area contributed by atoms with Crippen LogP contribution in [0.15, 0.2) is 53.4 Å². The molecule has 0 bridgehead atoms. The molecule has 122 valence electrons. The van der Waals surface area contributed by atoms with Crippen LogP contribution in [0.2, 0.25) is 0 Å². The lowest BCUT2D eigenvalue weighted by Gasteiger charge is -2.15. The van der Waals surface area contributed by atoms with E-state index in [9.17, 15) is 14.4 Å². The summed E-state index contributed by atoms with van der Waals surface area (Å²) >= 11 is 1.32.